The summed E-state index contributed by atoms with van der Waals surface area (Å²) in [5, 5.41) is 0. The molecule has 0 bridgehead atoms. The first kappa shape index (κ1) is 14.3. The number of hydrogen-bond donors (Lipinski definition) is 3. The van der Waals surface area contributed by atoms with Gasteiger partial charge in [-0.05, 0) is 19.3 Å². The van der Waals surface area contributed by atoms with Crippen LogP contribution in [-0.4, -0.2) is 23.8 Å². The highest BCUT2D eigenvalue weighted by Crippen LogP contribution is 2.45. The standard InChI is InChI=1S/C6H15N2O4P.ClH/c7-5-2-1-3-6(8)12-13(9,10)11-4-5;/h5-6H,1-4,7-8H2,(H,9,10);1H/t5-,6?;/m1./s1. The quantitative estimate of drug-likeness (QED) is 0.532. The molecule has 0 aromatic carbocycles. The Kier molecular flexibility index (Phi) is 6.16. The van der Waals surface area contributed by atoms with Gasteiger partial charge >= 0.3 is 7.82 Å². The van der Waals surface area contributed by atoms with Crippen LogP contribution in [0.15, 0.2) is 0 Å². The van der Waals surface area contributed by atoms with Crippen molar-refractivity contribution in [1.29, 1.82) is 0 Å². The van der Waals surface area contributed by atoms with Crippen LogP contribution in [0, 0.1) is 0 Å². The predicted molar refractivity (Wildman–Crippen MR) is 53.9 cm³/mol. The number of rotatable bonds is 0. The van der Waals surface area contributed by atoms with Crippen LogP contribution >= 0.6 is 20.2 Å². The summed E-state index contributed by atoms with van der Waals surface area (Å²) >= 11 is 0. The van der Waals surface area contributed by atoms with Crippen LogP contribution in [0.4, 0.5) is 0 Å². The van der Waals surface area contributed by atoms with Crippen LogP contribution < -0.4 is 11.5 Å². The van der Waals surface area contributed by atoms with E-state index in [1.54, 1.807) is 0 Å². The third-order valence-corrected chi connectivity index (χ3v) is 2.80. The zero-order valence-corrected chi connectivity index (χ0v) is 9.38. The molecule has 0 amide bonds. The normalized spacial score (nSPS) is 40.2. The van der Waals surface area contributed by atoms with E-state index in [4.69, 9.17) is 16.4 Å². The van der Waals surface area contributed by atoms with Gasteiger partial charge < -0.3 is 16.4 Å². The first-order valence-electron chi connectivity index (χ1n) is 4.16. The average molecular weight is 247 g/mol. The van der Waals surface area contributed by atoms with Gasteiger partial charge in [-0.2, -0.15) is 0 Å². The molecule has 1 heterocycles. The van der Waals surface area contributed by atoms with Gasteiger partial charge in [0.05, 0.1) is 6.61 Å². The monoisotopic (exact) mass is 246 g/mol. The van der Waals surface area contributed by atoms with Crippen LogP contribution in [0.2, 0.25) is 0 Å². The highest BCUT2D eigenvalue weighted by atomic mass is 35.5. The van der Waals surface area contributed by atoms with E-state index in [9.17, 15) is 4.57 Å². The van der Waals surface area contributed by atoms with Gasteiger partial charge in [0.25, 0.3) is 0 Å². The lowest BCUT2D eigenvalue weighted by Gasteiger charge is -2.15. The molecular formula is C6H16ClN2O4P. The van der Waals surface area contributed by atoms with Crippen LogP contribution in [0.1, 0.15) is 19.3 Å². The Morgan fingerprint density at radius 3 is 2.64 bits per heavy atom. The van der Waals surface area contributed by atoms with Crippen molar-refractivity contribution >= 4 is 20.2 Å². The summed E-state index contributed by atoms with van der Waals surface area (Å²) < 4.78 is 20.3. The van der Waals surface area contributed by atoms with Gasteiger partial charge in [-0.25, -0.2) is 4.57 Å². The summed E-state index contributed by atoms with van der Waals surface area (Å²) in [6, 6.07) is -0.227. The summed E-state index contributed by atoms with van der Waals surface area (Å²) in [4.78, 5) is 9.07. The molecule has 0 aromatic heterocycles. The summed E-state index contributed by atoms with van der Waals surface area (Å²) in [5.74, 6) is 0. The molecule has 0 aromatic rings. The number of phosphoric acid groups is 1. The van der Waals surface area contributed by atoms with E-state index in [-0.39, 0.29) is 25.1 Å². The summed E-state index contributed by atoms with van der Waals surface area (Å²) in [7, 11) is -3.98. The molecule has 8 heteroatoms. The van der Waals surface area contributed by atoms with Gasteiger partial charge in [0.1, 0.15) is 6.23 Å². The molecule has 1 aliphatic rings. The van der Waals surface area contributed by atoms with Gasteiger partial charge in [-0.1, -0.05) is 0 Å². The largest absolute Gasteiger partial charge is 0.473 e. The summed E-state index contributed by atoms with van der Waals surface area (Å²) in [6.07, 6.45) is 1.26. The number of halogens is 1. The zero-order chi connectivity index (χ0) is 9.90. The minimum absolute atomic E-state index is 0. The fourth-order valence-corrected chi connectivity index (χ4v) is 2.00. The lowest BCUT2D eigenvalue weighted by Crippen LogP contribution is -2.25. The third-order valence-electron chi connectivity index (χ3n) is 1.78. The maximum atomic E-state index is 11.1. The summed E-state index contributed by atoms with van der Waals surface area (Å²) in [6.45, 7) is 0.0283. The van der Waals surface area contributed by atoms with Crippen molar-refractivity contribution in [2.24, 2.45) is 11.5 Å². The highest BCUT2D eigenvalue weighted by molar-refractivity contribution is 7.47. The van der Waals surface area contributed by atoms with E-state index in [0.717, 1.165) is 12.8 Å². The Bertz CT molecular complexity index is 218. The number of hydrogen-bond acceptors (Lipinski definition) is 5. The lowest BCUT2D eigenvalue weighted by molar-refractivity contribution is 0.106. The van der Waals surface area contributed by atoms with E-state index in [0.29, 0.717) is 6.42 Å². The molecule has 1 aliphatic heterocycles. The van der Waals surface area contributed by atoms with Crippen molar-refractivity contribution in [3.8, 4) is 0 Å². The van der Waals surface area contributed by atoms with E-state index in [1.165, 1.54) is 0 Å². The first-order chi connectivity index (χ1) is 5.99. The SMILES string of the molecule is Cl.NC1CCC[C@@H](N)COP(=O)(O)O1. The molecular weight excluding hydrogens is 231 g/mol. The van der Waals surface area contributed by atoms with Crippen LogP contribution in [0.25, 0.3) is 0 Å². The van der Waals surface area contributed by atoms with Gasteiger partial charge in [0.2, 0.25) is 0 Å². The fraction of sp³-hybridized carbons (Fsp3) is 1.00. The van der Waals surface area contributed by atoms with Crippen molar-refractivity contribution in [1.82, 2.24) is 0 Å². The van der Waals surface area contributed by atoms with Crippen molar-refractivity contribution in [3.05, 3.63) is 0 Å². The second-order valence-electron chi connectivity index (χ2n) is 3.10. The van der Waals surface area contributed by atoms with Crippen LogP contribution in [-0.2, 0) is 13.6 Å². The van der Waals surface area contributed by atoms with E-state index < -0.39 is 14.1 Å². The van der Waals surface area contributed by atoms with Gasteiger partial charge in [-0.15, -0.1) is 12.4 Å². The molecule has 6 nitrogen and oxygen atoms in total. The predicted octanol–water partition coefficient (Wildman–Crippen LogP) is 0.338. The smallest absolute Gasteiger partial charge is 0.326 e. The Morgan fingerprint density at radius 1 is 1.36 bits per heavy atom. The topological polar surface area (TPSA) is 108 Å². The number of nitrogens with two attached hydrogens (primary N) is 2. The second-order valence-corrected chi connectivity index (χ2v) is 4.51. The molecule has 14 heavy (non-hydrogen) atoms. The highest BCUT2D eigenvalue weighted by Gasteiger charge is 2.27. The molecule has 1 rings (SSSR count). The van der Waals surface area contributed by atoms with E-state index in [2.05, 4.69) is 9.05 Å². The average Bonchev–Trinajstić information content (AvgIpc) is 2.03. The number of phosphoric ester groups is 1. The Morgan fingerprint density at radius 2 is 2.00 bits per heavy atom. The molecule has 2 unspecified atom stereocenters. The second kappa shape index (κ2) is 6.02. The van der Waals surface area contributed by atoms with Crippen molar-refractivity contribution in [2.45, 2.75) is 31.5 Å². The van der Waals surface area contributed by atoms with Crippen molar-refractivity contribution in [3.63, 3.8) is 0 Å². The molecule has 0 aliphatic carbocycles. The van der Waals surface area contributed by atoms with Crippen LogP contribution in [0.3, 0.4) is 0 Å². The van der Waals surface area contributed by atoms with Crippen molar-refractivity contribution in [2.75, 3.05) is 6.61 Å². The fourth-order valence-electron chi connectivity index (χ4n) is 1.11. The molecule has 86 valence electrons. The minimum Gasteiger partial charge on any atom is -0.326 e. The Balaban J connectivity index is 0.00000169. The molecule has 0 radical (unpaired) electrons. The molecule has 1 fully saturated rings. The van der Waals surface area contributed by atoms with E-state index in [1.807, 2.05) is 0 Å². The van der Waals surface area contributed by atoms with E-state index >= 15 is 0 Å². The molecule has 3 atom stereocenters. The zero-order valence-electron chi connectivity index (χ0n) is 7.67. The Hall–Kier alpha value is 0.320. The van der Waals surface area contributed by atoms with Gasteiger partial charge in [0.15, 0.2) is 0 Å². The Labute approximate surface area is 89.0 Å². The van der Waals surface area contributed by atoms with Crippen molar-refractivity contribution < 1.29 is 18.5 Å². The maximum Gasteiger partial charge on any atom is 0.473 e. The maximum absolute atomic E-state index is 11.1. The van der Waals surface area contributed by atoms with Crippen LogP contribution in [0.5, 0.6) is 0 Å². The van der Waals surface area contributed by atoms with Gasteiger partial charge in [-0.3, -0.25) is 9.05 Å². The molecule has 0 saturated carbocycles. The molecule has 0 spiro atoms. The first-order valence-corrected chi connectivity index (χ1v) is 5.66. The van der Waals surface area contributed by atoms with Gasteiger partial charge in [0, 0.05) is 6.04 Å². The minimum atomic E-state index is -3.98. The summed E-state index contributed by atoms with van der Waals surface area (Å²) in [5.41, 5.74) is 11.0. The lowest BCUT2D eigenvalue weighted by atomic mass is 10.1. The third kappa shape index (κ3) is 5.26. The molecule has 5 N–H and O–H groups in total. The molecule has 1 saturated heterocycles.